The minimum absolute atomic E-state index is 0.756. The monoisotopic (exact) mass is 343 g/mol. The molecule has 0 N–H and O–H groups in total. The number of imidazole rings is 1. The van der Waals surface area contributed by atoms with Gasteiger partial charge in [0.25, 0.3) is 0 Å². The Morgan fingerprint density at radius 3 is 2.71 bits per heavy atom. The third-order valence-corrected chi connectivity index (χ3v) is 3.62. The first-order valence-electron chi connectivity index (χ1n) is 6.51. The van der Waals surface area contributed by atoms with Crippen LogP contribution in [0.5, 0.6) is 5.75 Å². The standard InChI is InChI=1S/C16H14BrN3O/c1-21-15-4-2-12(3-5-15)11-20-7-6-19-16(20)13-8-14(17)10-18-9-13/h2-10H,11H2,1H3. The molecule has 0 spiro atoms. The second kappa shape index (κ2) is 6.10. The average Bonchev–Trinajstić information content (AvgIpc) is 2.96. The SMILES string of the molecule is COc1ccc(Cn2ccnc2-c2cncc(Br)c2)cc1. The predicted octanol–water partition coefficient (Wildman–Crippen LogP) is 3.76. The zero-order valence-corrected chi connectivity index (χ0v) is 13.1. The molecule has 106 valence electrons. The van der Waals surface area contributed by atoms with Crippen LogP contribution in [0.3, 0.4) is 0 Å². The summed E-state index contributed by atoms with van der Waals surface area (Å²) < 4.78 is 8.22. The van der Waals surface area contributed by atoms with E-state index in [9.17, 15) is 0 Å². The quantitative estimate of drug-likeness (QED) is 0.723. The molecule has 0 radical (unpaired) electrons. The van der Waals surface area contributed by atoms with Crippen molar-refractivity contribution in [3.63, 3.8) is 0 Å². The number of pyridine rings is 1. The molecule has 2 aromatic heterocycles. The van der Waals surface area contributed by atoms with Crippen LogP contribution in [0.15, 0.2) is 59.6 Å². The second-order valence-corrected chi connectivity index (χ2v) is 5.53. The minimum atomic E-state index is 0.756. The Labute approximate surface area is 131 Å². The van der Waals surface area contributed by atoms with Gasteiger partial charge in [-0.3, -0.25) is 4.98 Å². The van der Waals surface area contributed by atoms with Gasteiger partial charge in [-0.15, -0.1) is 0 Å². The molecule has 4 nitrogen and oxygen atoms in total. The predicted molar refractivity (Wildman–Crippen MR) is 85.3 cm³/mol. The van der Waals surface area contributed by atoms with E-state index in [1.54, 1.807) is 19.5 Å². The Hall–Kier alpha value is -2.14. The molecule has 0 saturated heterocycles. The summed E-state index contributed by atoms with van der Waals surface area (Å²) in [6, 6.07) is 10.1. The van der Waals surface area contributed by atoms with E-state index in [2.05, 4.69) is 42.6 Å². The van der Waals surface area contributed by atoms with Crippen LogP contribution in [-0.2, 0) is 6.54 Å². The van der Waals surface area contributed by atoms with E-state index in [4.69, 9.17) is 4.74 Å². The Morgan fingerprint density at radius 1 is 1.19 bits per heavy atom. The maximum Gasteiger partial charge on any atom is 0.141 e. The van der Waals surface area contributed by atoms with Crippen molar-refractivity contribution in [1.82, 2.24) is 14.5 Å². The maximum atomic E-state index is 5.18. The number of hydrogen-bond donors (Lipinski definition) is 0. The molecular weight excluding hydrogens is 330 g/mol. The number of aromatic nitrogens is 3. The largest absolute Gasteiger partial charge is 0.497 e. The highest BCUT2D eigenvalue weighted by Gasteiger charge is 2.07. The summed E-state index contributed by atoms with van der Waals surface area (Å²) in [5.41, 5.74) is 2.18. The molecule has 21 heavy (non-hydrogen) atoms. The van der Waals surface area contributed by atoms with Crippen LogP contribution >= 0.6 is 15.9 Å². The van der Waals surface area contributed by atoms with Gasteiger partial charge in [0.15, 0.2) is 0 Å². The van der Waals surface area contributed by atoms with Crippen LogP contribution in [0.2, 0.25) is 0 Å². The van der Waals surface area contributed by atoms with E-state index >= 15 is 0 Å². The fourth-order valence-electron chi connectivity index (χ4n) is 2.16. The minimum Gasteiger partial charge on any atom is -0.497 e. The van der Waals surface area contributed by atoms with Crippen LogP contribution in [0.4, 0.5) is 0 Å². The summed E-state index contributed by atoms with van der Waals surface area (Å²) in [5.74, 6) is 1.76. The first-order valence-corrected chi connectivity index (χ1v) is 7.30. The van der Waals surface area contributed by atoms with Crippen molar-refractivity contribution in [3.8, 4) is 17.1 Å². The molecule has 0 bridgehead atoms. The molecule has 0 saturated carbocycles. The molecule has 3 rings (SSSR count). The van der Waals surface area contributed by atoms with Gasteiger partial charge in [0, 0.05) is 41.4 Å². The summed E-state index contributed by atoms with van der Waals surface area (Å²) in [6.45, 7) is 0.756. The molecule has 0 aliphatic rings. The van der Waals surface area contributed by atoms with Crippen molar-refractivity contribution < 1.29 is 4.74 Å². The summed E-state index contributed by atoms with van der Waals surface area (Å²) in [7, 11) is 1.67. The highest BCUT2D eigenvalue weighted by molar-refractivity contribution is 9.10. The number of nitrogens with zero attached hydrogens (tertiary/aromatic N) is 3. The third-order valence-electron chi connectivity index (χ3n) is 3.19. The molecule has 0 aliphatic heterocycles. The van der Waals surface area contributed by atoms with E-state index in [0.29, 0.717) is 0 Å². The highest BCUT2D eigenvalue weighted by atomic mass is 79.9. The van der Waals surface area contributed by atoms with E-state index in [-0.39, 0.29) is 0 Å². The van der Waals surface area contributed by atoms with Crippen LogP contribution in [0.1, 0.15) is 5.56 Å². The molecule has 1 aromatic carbocycles. The summed E-state index contributed by atoms with van der Waals surface area (Å²) in [6.07, 6.45) is 7.36. The molecule has 0 fully saturated rings. The van der Waals surface area contributed by atoms with Gasteiger partial charge >= 0.3 is 0 Å². The zero-order chi connectivity index (χ0) is 14.7. The fraction of sp³-hybridized carbons (Fsp3) is 0.125. The van der Waals surface area contributed by atoms with Gasteiger partial charge in [0.2, 0.25) is 0 Å². The van der Waals surface area contributed by atoms with Crippen LogP contribution in [0, 0.1) is 0 Å². The molecule has 3 aromatic rings. The highest BCUT2D eigenvalue weighted by Crippen LogP contribution is 2.21. The lowest BCUT2D eigenvalue weighted by molar-refractivity contribution is 0.414. The van der Waals surface area contributed by atoms with Crippen LogP contribution in [-0.4, -0.2) is 21.6 Å². The lowest BCUT2D eigenvalue weighted by Gasteiger charge is -2.09. The smallest absolute Gasteiger partial charge is 0.141 e. The van der Waals surface area contributed by atoms with Crippen molar-refractivity contribution in [2.75, 3.05) is 7.11 Å². The Morgan fingerprint density at radius 2 is 2.00 bits per heavy atom. The Kier molecular flexibility index (Phi) is 4.01. The fourth-order valence-corrected chi connectivity index (χ4v) is 2.52. The van der Waals surface area contributed by atoms with Gasteiger partial charge in [-0.05, 0) is 39.7 Å². The van der Waals surface area contributed by atoms with Gasteiger partial charge in [0.1, 0.15) is 11.6 Å². The summed E-state index contributed by atoms with van der Waals surface area (Å²) in [4.78, 5) is 8.63. The summed E-state index contributed by atoms with van der Waals surface area (Å²) in [5, 5.41) is 0. The molecule has 0 unspecified atom stereocenters. The maximum absolute atomic E-state index is 5.18. The zero-order valence-electron chi connectivity index (χ0n) is 11.5. The molecule has 0 amide bonds. The van der Waals surface area contributed by atoms with E-state index < -0.39 is 0 Å². The number of rotatable bonds is 4. The van der Waals surface area contributed by atoms with Gasteiger partial charge in [0.05, 0.1) is 7.11 Å². The first kappa shape index (κ1) is 13.8. The normalized spacial score (nSPS) is 10.6. The van der Waals surface area contributed by atoms with E-state index in [1.807, 2.05) is 30.6 Å². The van der Waals surface area contributed by atoms with Gasteiger partial charge in [-0.2, -0.15) is 0 Å². The number of halogens is 1. The average molecular weight is 344 g/mol. The lowest BCUT2D eigenvalue weighted by Crippen LogP contribution is -2.01. The van der Waals surface area contributed by atoms with Gasteiger partial charge in [-0.1, -0.05) is 12.1 Å². The van der Waals surface area contributed by atoms with E-state index in [0.717, 1.165) is 28.2 Å². The van der Waals surface area contributed by atoms with Gasteiger partial charge in [-0.25, -0.2) is 4.98 Å². The Balaban J connectivity index is 1.88. The van der Waals surface area contributed by atoms with Crippen molar-refractivity contribution in [2.24, 2.45) is 0 Å². The Bertz CT molecular complexity index is 737. The van der Waals surface area contributed by atoms with Crippen molar-refractivity contribution >= 4 is 15.9 Å². The summed E-state index contributed by atoms with van der Waals surface area (Å²) >= 11 is 3.44. The van der Waals surface area contributed by atoms with Gasteiger partial charge < -0.3 is 9.30 Å². The van der Waals surface area contributed by atoms with Crippen LogP contribution in [0.25, 0.3) is 11.4 Å². The van der Waals surface area contributed by atoms with Crippen molar-refractivity contribution in [3.05, 3.63) is 65.2 Å². The topological polar surface area (TPSA) is 39.9 Å². The second-order valence-electron chi connectivity index (χ2n) is 4.62. The molecule has 0 atom stereocenters. The number of ether oxygens (including phenoxy) is 1. The molecular formula is C16H14BrN3O. The first-order chi connectivity index (χ1) is 10.3. The molecule has 5 heteroatoms. The van der Waals surface area contributed by atoms with Crippen molar-refractivity contribution in [2.45, 2.75) is 6.54 Å². The lowest BCUT2D eigenvalue weighted by atomic mass is 10.2. The number of methoxy groups -OCH3 is 1. The third kappa shape index (κ3) is 3.13. The molecule has 2 heterocycles. The molecule has 0 aliphatic carbocycles. The number of hydrogen-bond acceptors (Lipinski definition) is 3. The van der Waals surface area contributed by atoms with Crippen LogP contribution < -0.4 is 4.74 Å². The number of benzene rings is 1. The van der Waals surface area contributed by atoms with E-state index in [1.165, 1.54) is 5.56 Å². The van der Waals surface area contributed by atoms with Crippen molar-refractivity contribution in [1.29, 1.82) is 0 Å².